The second kappa shape index (κ2) is 4.94. The zero-order valence-corrected chi connectivity index (χ0v) is 9.54. The summed E-state index contributed by atoms with van der Waals surface area (Å²) >= 11 is 0. The number of rotatable bonds is 3. The van der Waals surface area contributed by atoms with E-state index in [1.165, 1.54) is 0 Å². The normalized spacial score (nSPS) is 28.7. The molecule has 1 atom stereocenters. The van der Waals surface area contributed by atoms with Gasteiger partial charge in [-0.1, -0.05) is 6.92 Å². The topological polar surface area (TPSA) is 39.6 Å². The molecule has 2 saturated heterocycles. The minimum absolute atomic E-state index is 0.303. The van der Waals surface area contributed by atoms with E-state index in [0.717, 1.165) is 58.0 Å². The van der Waals surface area contributed by atoms with E-state index in [0.29, 0.717) is 6.10 Å². The Bertz CT molecular complexity index is 232. The molecule has 1 N–H and O–H groups in total. The molecule has 4 nitrogen and oxygen atoms in total. The maximum atomic E-state index is 7.78. The molecular weight excluding hydrogens is 190 g/mol. The zero-order valence-electron chi connectivity index (χ0n) is 9.54. The highest BCUT2D eigenvalue weighted by Crippen LogP contribution is 2.13. The predicted molar refractivity (Wildman–Crippen MR) is 60.4 cm³/mol. The van der Waals surface area contributed by atoms with Gasteiger partial charge in [-0.3, -0.25) is 10.3 Å². The van der Waals surface area contributed by atoms with Crippen molar-refractivity contribution in [3.05, 3.63) is 0 Å². The lowest BCUT2D eigenvalue weighted by Gasteiger charge is -2.34. The Morgan fingerprint density at radius 3 is 3.00 bits per heavy atom. The average molecular weight is 211 g/mol. The summed E-state index contributed by atoms with van der Waals surface area (Å²) in [6.45, 7) is 8.20. The van der Waals surface area contributed by atoms with Gasteiger partial charge < -0.3 is 9.64 Å². The van der Waals surface area contributed by atoms with E-state index in [1.807, 2.05) is 0 Å². The van der Waals surface area contributed by atoms with E-state index in [1.54, 1.807) is 0 Å². The molecule has 0 aromatic heterocycles. The number of hydrogen-bond donors (Lipinski definition) is 1. The number of likely N-dealkylation sites (N-methyl/N-ethyl adjacent to an activating group) is 1. The fourth-order valence-corrected chi connectivity index (χ4v) is 2.36. The van der Waals surface area contributed by atoms with Crippen LogP contribution in [0, 0.1) is 5.41 Å². The maximum Gasteiger partial charge on any atom is 0.0959 e. The molecule has 2 heterocycles. The number of amidine groups is 1. The fraction of sp³-hybridized carbons (Fsp3) is 0.909. The summed E-state index contributed by atoms with van der Waals surface area (Å²) in [6, 6.07) is 0. The smallest absolute Gasteiger partial charge is 0.0959 e. The molecule has 1 unspecified atom stereocenters. The molecule has 0 saturated carbocycles. The Balaban J connectivity index is 1.80. The molecule has 0 aromatic rings. The molecule has 15 heavy (non-hydrogen) atoms. The van der Waals surface area contributed by atoms with E-state index in [4.69, 9.17) is 10.1 Å². The van der Waals surface area contributed by atoms with Gasteiger partial charge in [0, 0.05) is 32.6 Å². The second-order valence-electron chi connectivity index (χ2n) is 4.38. The van der Waals surface area contributed by atoms with Crippen molar-refractivity contribution >= 4 is 5.84 Å². The number of hydrogen-bond acceptors (Lipinski definition) is 3. The predicted octanol–water partition coefficient (Wildman–Crippen LogP) is 0.780. The molecule has 4 heteroatoms. The molecule has 2 rings (SSSR count). The number of ether oxygens (including phenoxy) is 1. The first-order chi connectivity index (χ1) is 7.29. The number of nitrogens with zero attached hydrogens (tertiary/aromatic N) is 2. The highest BCUT2D eigenvalue weighted by atomic mass is 16.5. The van der Waals surface area contributed by atoms with Gasteiger partial charge >= 0.3 is 0 Å². The molecule has 0 aliphatic carbocycles. The Hall–Kier alpha value is -0.610. The van der Waals surface area contributed by atoms with E-state index >= 15 is 0 Å². The van der Waals surface area contributed by atoms with Crippen LogP contribution in [0.1, 0.15) is 19.8 Å². The van der Waals surface area contributed by atoms with Crippen molar-refractivity contribution in [3.8, 4) is 0 Å². The standard InChI is InChI=1S/C11H21N3O/c1-2-13-6-7-15-10(8-13)9-14-5-3-4-11(14)12/h10,12H,2-9H2,1H3. The third-order valence-electron chi connectivity index (χ3n) is 3.32. The van der Waals surface area contributed by atoms with Crippen molar-refractivity contribution in [1.82, 2.24) is 9.80 Å². The lowest BCUT2D eigenvalue weighted by molar-refractivity contribution is -0.0338. The van der Waals surface area contributed by atoms with Crippen molar-refractivity contribution in [1.29, 1.82) is 5.41 Å². The van der Waals surface area contributed by atoms with Crippen LogP contribution in [-0.2, 0) is 4.74 Å². The molecule has 2 fully saturated rings. The van der Waals surface area contributed by atoms with Crippen LogP contribution < -0.4 is 0 Å². The first-order valence-corrected chi connectivity index (χ1v) is 5.96. The third-order valence-corrected chi connectivity index (χ3v) is 3.32. The minimum Gasteiger partial charge on any atom is -0.374 e. The van der Waals surface area contributed by atoms with E-state index in [2.05, 4.69) is 16.7 Å². The van der Waals surface area contributed by atoms with E-state index < -0.39 is 0 Å². The molecule has 0 amide bonds. The monoisotopic (exact) mass is 211 g/mol. The molecule has 0 radical (unpaired) electrons. The highest BCUT2D eigenvalue weighted by Gasteiger charge is 2.24. The van der Waals surface area contributed by atoms with Gasteiger partial charge in [-0.2, -0.15) is 0 Å². The Morgan fingerprint density at radius 1 is 1.47 bits per heavy atom. The molecule has 2 aliphatic rings. The van der Waals surface area contributed by atoms with Gasteiger partial charge in [-0.15, -0.1) is 0 Å². The lowest BCUT2D eigenvalue weighted by Crippen LogP contribution is -2.47. The van der Waals surface area contributed by atoms with Gasteiger partial charge in [-0.05, 0) is 13.0 Å². The Labute approximate surface area is 91.7 Å². The van der Waals surface area contributed by atoms with Gasteiger partial charge in [0.2, 0.25) is 0 Å². The molecule has 2 aliphatic heterocycles. The van der Waals surface area contributed by atoms with Crippen LogP contribution in [0.4, 0.5) is 0 Å². The van der Waals surface area contributed by atoms with Gasteiger partial charge in [-0.25, -0.2) is 0 Å². The lowest BCUT2D eigenvalue weighted by atomic mass is 10.2. The van der Waals surface area contributed by atoms with Gasteiger partial charge in [0.25, 0.3) is 0 Å². The first kappa shape index (κ1) is 10.9. The van der Waals surface area contributed by atoms with Crippen LogP contribution in [0.25, 0.3) is 0 Å². The molecule has 0 spiro atoms. The van der Waals surface area contributed by atoms with Crippen molar-refractivity contribution in [2.75, 3.05) is 39.3 Å². The summed E-state index contributed by atoms with van der Waals surface area (Å²) in [7, 11) is 0. The highest BCUT2D eigenvalue weighted by molar-refractivity contribution is 5.80. The van der Waals surface area contributed by atoms with Crippen LogP contribution in [0.3, 0.4) is 0 Å². The quantitative estimate of drug-likeness (QED) is 0.750. The van der Waals surface area contributed by atoms with Crippen molar-refractivity contribution in [2.45, 2.75) is 25.9 Å². The van der Waals surface area contributed by atoms with Gasteiger partial charge in [0.15, 0.2) is 0 Å². The Kier molecular flexibility index (Phi) is 3.59. The SMILES string of the molecule is CCN1CCOC(CN2CCCC2=N)C1. The van der Waals surface area contributed by atoms with Crippen LogP contribution in [-0.4, -0.2) is 61.1 Å². The Morgan fingerprint density at radius 2 is 2.33 bits per heavy atom. The van der Waals surface area contributed by atoms with Crippen LogP contribution in [0.5, 0.6) is 0 Å². The van der Waals surface area contributed by atoms with Gasteiger partial charge in [0.05, 0.1) is 18.5 Å². The van der Waals surface area contributed by atoms with Crippen molar-refractivity contribution in [2.24, 2.45) is 0 Å². The van der Waals surface area contributed by atoms with Crippen LogP contribution in [0.2, 0.25) is 0 Å². The summed E-state index contributed by atoms with van der Waals surface area (Å²) < 4.78 is 5.74. The minimum atomic E-state index is 0.303. The van der Waals surface area contributed by atoms with E-state index in [-0.39, 0.29) is 0 Å². The molecule has 0 aromatic carbocycles. The summed E-state index contributed by atoms with van der Waals surface area (Å²) in [6.07, 6.45) is 2.39. The summed E-state index contributed by atoms with van der Waals surface area (Å²) in [5.41, 5.74) is 0. The zero-order chi connectivity index (χ0) is 10.7. The summed E-state index contributed by atoms with van der Waals surface area (Å²) in [5, 5.41) is 7.78. The summed E-state index contributed by atoms with van der Waals surface area (Å²) in [5.74, 6) is 0.798. The molecular formula is C11H21N3O. The van der Waals surface area contributed by atoms with Crippen molar-refractivity contribution < 1.29 is 4.74 Å². The maximum absolute atomic E-state index is 7.78. The summed E-state index contributed by atoms with van der Waals surface area (Å²) in [4.78, 5) is 4.59. The third kappa shape index (κ3) is 2.69. The van der Waals surface area contributed by atoms with E-state index in [9.17, 15) is 0 Å². The molecule has 0 bridgehead atoms. The first-order valence-electron chi connectivity index (χ1n) is 5.96. The molecule has 86 valence electrons. The number of likely N-dealkylation sites (tertiary alicyclic amines) is 1. The van der Waals surface area contributed by atoms with Crippen LogP contribution >= 0.6 is 0 Å². The van der Waals surface area contributed by atoms with Crippen LogP contribution in [0.15, 0.2) is 0 Å². The number of nitrogens with one attached hydrogen (secondary N) is 1. The van der Waals surface area contributed by atoms with Gasteiger partial charge in [0.1, 0.15) is 0 Å². The second-order valence-corrected chi connectivity index (χ2v) is 4.38. The fourth-order valence-electron chi connectivity index (χ4n) is 2.36. The van der Waals surface area contributed by atoms with Crippen molar-refractivity contribution in [3.63, 3.8) is 0 Å². The number of morpholine rings is 1. The largest absolute Gasteiger partial charge is 0.374 e. The average Bonchev–Trinajstić information content (AvgIpc) is 2.65.